The van der Waals surface area contributed by atoms with E-state index < -0.39 is 11.3 Å². The molecule has 1 aromatic heterocycles. The molecule has 0 atom stereocenters. The van der Waals surface area contributed by atoms with Crippen molar-refractivity contribution in [1.29, 1.82) is 0 Å². The smallest absolute Gasteiger partial charge is 0.290 e. The molecule has 0 aliphatic heterocycles. The van der Waals surface area contributed by atoms with E-state index in [9.17, 15) is 9.59 Å². The van der Waals surface area contributed by atoms with E-state index in [1.165, 1.54) is 12.4 Å². The number of rotatable bonds is 4. The average Bonchev–Trinajstić information content (AvgIpc) is 2.16. The normalized spacial score (nSPS) is 11.1. The summed E-state index contributed by atoms with van der Waals surface area (Å²) in [5.74, 6) is -0.241. The minimum atomic E-state index is -0.718. The Hall–Kier alpha value is -1.85. The second-order valence-corrected chi connectivity index (χ2v) is 3.87. The van der Waals surface area contributed by atoms with Crippen molar-refractivity contribution in [3.8, 4) is 0 Å². The summed E-state index contributed by atoms with van der Waals surface area (Å²) in [5, 5.41) is 2.78. The number of amides is 1. The number of primary amides is 1. The fourth-order valence-corrected chi connectivity index (χ4v) is 0.869. The number of hydrogen-bond acceptors (Lipinski definition) is 4. The van der Waals surface area contributed by atoms with Gasteiger partial charge in [-0.2, -0.15) is 0 Å². The van der Waals surface area contributed by atoms with Gasteiger partial charge in [-0.3, -0.25) is 9.59 Å². The van der Waals surface area contributed by atoms with Crippen molar-refractivity contribution in [1.82, 2.24) is 9.97 Å². The maximum Gasteiger partial charge on any atom is 0.290 e. The Labute approximate surface area is 86.9 Å². The second kappa shape index (κ2) is 4.12. The van der Waals surface area contributed by atoms with Crippen LogP contribution in [0.1, 0.15) is 13.8 Å². The molecular weight excluding hydrogens is 196 g/mol. The highest BCUT2D eigenvalue weighted by Crippen LogP contribution is 2.13. The standard InChI is InChI=1S/C9H14N4O2/c1-9(2,8(10)15)5-13-6-7(14)12-4-3-11-6/h3-4H,5H2,1-2H3,(H2,10,15)(H,11,13)(H,12,14). The lowest BCUT2D eigenvalue weighted by Gasteiger charge is -2.20. The van der Waals surface area contributed by atoms with Crippen LogP contribution in [0, 0.1) is 5.41 Å². The lowest BCUT2D eigenvalue weighted by molar-refractivity contribution is -0.125. The molecule has 1 rings (SSSR count). The third-order valence-electron chi connectivity index (χ3n) is 2.07. The highest BCUT2D eigenvalue weighted by molar-refractivity contribution is 5.80. The first-order chi connectivity index (χ1) is 6.93. The van der Waals surface area contributed by atoms with Gasteiger partial charge >= 0.3 is 0 Å². The van der Waals surface area contributed by atoms with Crippen LogP contribution in [-0.4, -0.2) is 22.4 Å². The highest BCUT2D eigenvalue weighted by Gasteiger charge is 2.24. The molecule has 0 saturated heterocycles. The molecule has 6 heteroatoms. The molecule has 0 bridgehead atoms. The van der Waals surface area contributed by atoms with E-state index >= 15 is 0 Å². The van der Waals surface area contributed by atoms with Gasteiger partial charge in [0.05, 0.1) is 5.41 Å². The van der Waals surface area contributed by atoms with E-state index in [1.54, 1.807) is 13.8 Å². The van der Waals surface area contributed by atoms with Gasteiger partial charge in [-0.1, -0.05) is 0 Å². The maximum absolute atomic E-state index is 11.2. The highest BCUT2D eigenvalue weighted by atomic mass is 16.1. The summed E-state index contributed by atoms with van der Waals surface area (Å²) in [7, 11) is 0. The first-order valence-electron chi connectivity index (χ1n) is 4.51. The van der Waals surface area contributed by atoms with Crippen molar-refractivity contribution >= 4 is 11.7 Å². The van der Waals surface area contributed by atoms with Gasteiger partial charge < -0.3 is 16.0 Å². The van der Waals surface area contributed by atoms with E-state index in [1.807, 2.05) is 0 Å². The fourth-order valence-electron chi connectivity index (χ4n) is 0.869. The summed E-state index contributed by atoms with van der Waals surface area (Å²) in [6, 6.07) is 0. The van der Waals surface area contributed by atoms with Crippen LogP contribution in [0.5, 0.6) is 0 Å². The van der Waals surface area contributed by atoms with Crippen molar-refractivity contribution in [2.45, 2.75) is 13.8 Å². The van der Waals surface area contributed by atoms with Crippen LogP contribution >= 0.6 is 0 Å². The van der Waals surface area contributed by atoms with Gasteiger partial charge in [-0.05, 0) is 13.8 Å². The van der Waals surface area contributed by atoms with Crippen LogP contribution in [0.2, 0.25) is 0 Å². The maximum atomic E-state index is 11.2. The average molecular weight is 210 g/mol. The summed E-state index contributed by atoms with van der Waals surface area (Å²) in [5.41, 5.74) is 4.15. The van der Waals surface area contributed by atoms with Gasteiger partial charge in [0.1, 0.15) is 0 Å². The number of nitrogens with two attached hydrogens (primary N) is 1. The van der Waals surface area contributed by atoms with Crippen LogP contribution in [0.25, 0.3) is 0 Å². The quantitative estimate of drug-likeness (QED) is 0.634. The van der Waals surface area contributed by atoms with Crippen LogP contribution in [0.4, 0.5) is 5.82 Å². The molecule has 0 unspecified atom stereocenters. The first-order valence-corrected chi connectivity index (χ1v) is 4.51. The number of carbonyl (C=O) groups is 1. The molecule has 0 saturated carbocycles. The fraction of sp³-hybridized carbons (Fsp3) is 0.444. The number of aromatic nitrogens is 2. The Morgan fingerprint density at radius 1 is 1.67 bits per heavy atom. The first kappa shape index (κ1) is 11.2. The van der Waals surface area contributed by atoms with Crippen LogP contribution < -0.4 is 16.6 Å². The van der Waals surface area contributed by atoms with Crippen LogP contribution in [0.15, 0.2) is 17.2 Å². The zero-order valence-corrected chi connectivity index (χ0v) is 8.70. The van der Waals surface area contributed by atoms with Crippen molar-refractivity contribution < 1.29 is 4.79 Å². The lowest BCUT2D eigenvalue weighted by Crippen LogP contribution is -2.38. The zero-order chi connectivity index (χ0) is 11.5. The van der Waals surface area contributed by atoms with Gasteiger partial charge in [-0.25, -0.2) is 4.98 Å². The number of anilines is 1. The van der Waals surface area contributed by atoms with Crippen molar-refractivity contribution in [2.75, 3.05) is 11.9 Å². The molecular formula is C9H14N4O2. The minimum absolute atomic E-state index is 0.187. The molecule has 15 heavy (non-hydrogen) atoms. The third kappa shape index (κ3) is 2.80. The number of nitrogens with one attached hydrogen (secondary N) is 2. The Bertz CT molecular complexity index is 411. The number of nitrogens with zero attached hydrogens (tertiary/aromatic N) is 1. The Morgan fingerprint density at radius 3 is 2.87 bits per heavy atom. The number of aromatic amines is 1. The van der Waals surface area contributed by atoms with Crippen LogP contribution in [0.3, 0.4) is 0 Å². The molecule has 1 aromatic rings. The summed E-state index contributed by atoms with van der Waals surface area (Å²) in [6.07, 6.45) is 2.90. The van der Waals surface area contributed by atoms with Gasteiger partial charge in [0.15, 0.2) is 5.82 Å². The molecule has 0 fully saturated rings. The van der Waals surface area contributed by atoms with E-state index in [0.717, 1.165) is 0 Å². The number of hydrogen-bond donors (Lipinski definition) is 3. The topological polar surface area (TPSA) is 101 Å². The predicted molar refractivity (Wildman–Crippen MR) is 56.3 cm³/mol. The molecule has 0 spiro atoms. The molecule has 0 aromatic carbocycles. The van der Waals surface area contributed by atoms with Crippen molar-refractivity contribution in [3.05, 3.63) is 22.7 Å². The molecule has 0 aliphatic carbocycles. The zero-order valence-electron chi connectivity index (χ0n) is 8.70. The molecule has 1 amide bonds. The van der Waals surface area contributed by atoms with Gasteiger partial charge in [0.2, 0.25) is 5.91 Å². The van der Waals surface area contributed by atoms with Crippen molar-refractivity contribution in [2.24, 2.45) is 11.1 Å². The lowest BCUT2D eigenvalue weighted by atomic mass is 9.93. The minimum Gasteiger partial charge on any atom is -0.369 e. The molecule has 82 valence electrons. The summed E-state index contributed by atoms with van der Waals surface area (Å²) in [6.45, 7) is 3.65. The largest absolute Gasteiger partial charge is 0.369 e. The van der Waals surface area contributed by atoms with Gasteiger partial charge in [-0.15, -0.1) is 0 Å². The molecule has 4 N–H and O–H groups in total. The van der Waals surface area contributed by atoms with Crippen molar-refractivity contribution in [3.63, 3.8) is 0 Å². The van der Waals surface area contributed by atoms with E-state index in [0.29, 0.717) is 0 Å². The summed E-state index contributed by atoms with van der Waals surface area (Å²) in [4.78, 5) is 28.5. The molecule has 1 heterocycles. The summed E-state index contributed by atoms with van der Waals surface area (Å²) >= 11 is 0. The number of carbonyl (C=O) groups excluding carboxylic acids is 1. The van der Waals surface area contributed by atoms with E-state index in [2.05, 4.69) is 15.3 Å². The molecule has 0 aliphatic rings. The van der Waals surface area contributed by atoms with Gasteiger partial charge in [0, 0.05) is 18.9 Å². The van der Waals surface area contributed by atoms with E-state index in [-0.39, 0.29) is 17.9 Å². The Kier molecular flexibility index (Phi) is 3.08. The SMILES string of the molecule is CC(C)(CNc1ncc[nH]c1=O)C(N)=O. The van der Waals surface area contributed by atoms with Crippen LogP contribution in [-0.2, 0) is 4.79 Å². The van der Waals surface area contributed by atoms with Gasteiger partial charge in [0.25, 0.3) is 5.56 Å². The molecule has 0 radical (unpaired) electrons. The molecule has 6 nitrogen and oxygen atoms in total. The third-order valence-corrected chi connectivity index (χ3v) is 2.07. The summed E-state index contributed by atoms with van der Waals surface area (Å²) < 4.78 is 0. The Morgan fingerprint density at radius 2 is 2.33 bits per heavy atom. The van der Waals surface area contributed by atoms with E-state index in [4.69, 9.17) is 5.73 Å². The number of H-pyrrole nitrogens is 1. The predicted octanol–water partition coefficient (Wildman–Crippen LogP) is -0.307. The monoisotopic (exact) mass is 210 g/mol. The second-order valence-electron chi connectivity index (χ2n) is 3.87. The Balaban J connectivity index is 2.70.